The Bertz CT molecular complexity index is 1050. The molecule has 1 unspecified atom stereocenters. The van der Waals surface area contributed by atoms with Gasteiger partial charge < -0.3 is 9.80 Å². The van der Waals surface area contributed by atoms with Gasteiger partial charge in [0.2, 0.25) is 0 Å². The lowest BCUT2D eigenvalue weighted by molar-refractivity contribution is 0.159. The second kappa shape index (κ2) is 11.2. The molecular weight excluding hydrogens is 507 g/mol. The van der Waals surface area contributed by atoms with Gasteiger partial charge in [0.25, 0.3) is 4.90 Å². The predicted octanol–water partition coefficient (Wildman–Crippen LogP) is 4.89. The monoisotopic (exact) mass is 538 g/mol. The third-order valence-electron chi connectivity index (χ3n) is 6.21. The maximum Gasteiger partial charge on any atom is 0.357 e. The fourth-order valence-electron chi connectivity index (χ4n) is 4.35. The zero-order valence-corrected chi connectivity index (χ0v) is 22.2. The van der Waals surface area contributed by atoms with E-state index < -0.39 is 21.8 Å². The highest BCUT2D eigenvalue weighted by molar-refractivity contribution is 7.99. The van der Waals surface area contributed by atoms with Crippen LogP contribution in [0.2, 0.25) is 10.0 Å². The number of aryl methyl sites for hydroxylation is 3. The SMILES string of the molecule is Cc1nn(C)c(C)c1N(C(F)F)[S+](=O)(O)c1c(Cl)cc(CCCN2CCCN(C)CC2)cc1Cl. The molecular formula is C22H32Cl2F2N5O2S+. The second-order valence-electron chi connectivity index (χ2n) is 8.73. The molecule has 7 nitrogen and oxygen atoms in total. The summed E-state index contributed by atoms with van der Waals surface area (Å²) in [4.78, 5) is 4.32. The molecule has 1 aromatic carbocycles. The molecule has 1 atom stereocenters. The van der Waals surface area contributed by atoms with Crippen molar-refractivity contribution < 1.29 is 17.5 Å². The van der Waals surface area contributed by atoms with Gasteiger partial charge in [0.05, 0.1) is 11.4 Å². The topological polar surface area (TPSA) is 64.8 Å². The lowest BCUT2D eigenvalue weighted by atomic mass is 10.1. The Morgan fingerprint density at radius 3 is 2.35 bits per heavy atom. The van der Waals surface area contributed by atoms with Crippen LogP contribution in [-0.4, -0.2) is 70.5 Å². The van der Waals surface area contributed by atoms with E-state index in [9.17, 15) is 17.5 Å². The summed E-state index contributed by atoms with van der Waals surface area (Å²) >= 11 is 12.7. The molecule has 0 aliphatic carbocycles. The summed E-state index contributed by atoms with van der Waals surface area (Å²) in [6, 6.07) is 3.09. The largest absolute Gasteiger partial charge is 0.357 e. The van der Waals surface area contributed by atoms with Crippen LogP contribution in [0.1, 0.15) is 29.8 Å². The number of benzene rings is 1. The molecule has 1 aromatic heterocycles. The minimum atomic E-state index is -4.51. The van der Waals surface area contributed by atoms with Gasteiger partial charge in [-0.3, -0.25) is 4.68 Å². The van der Waals surface area contributed by atoms with E-state index in [0.29, 0.717) is 12.1 Å². The zero-order chi connectivity index (χ0) is 25.2. The van der Waals surface area contributed by atoms with Gasteiger partial charge in [0, 0.05) is 20.1 Å². The first-order valence-electron chi connectivity index (χ1n) is 11.2. The standard InChI is InChI=1S/C22H31Cl2F2N5O2S/c1-15-20(16(2)29(4)27-15)31(22(25)26)34(32,33)21-18(23)13-17(14-19(21)24)7-5-9-30-10-6-8-28(3)11-12-30/h13-14,22H,5-12H2,1-4H3/p+1. The van der Waals surface area contributed by atoms with Crippen molar-refractivity contribution in [1.82, 2.24) is 19.6 Å². The highest BCUT2D eigenvalue weighted by Crippen LogP contribution is 2.41. The summed E-state index contributed by atoms with van der Waals surface area (Å²) in [5.74, 6) is 0. The Hall–Kier alpha value is -1.30. The molecule has 3 rings (SSSR count). The van der Waals surface area contributed by atoms with Gasteiger partial charge in [-0.1, -0.05) is 27.5 Å². The van der Waals surface area contributed by atoms with E-state index in [0.717, 1.165) is 51.1 Å². The van der Waals surface area contributed by atoms with Crippen LogP contribution >= 0.6 is 23.2 Å². The molecule has 1 aliphatic heterocycles. The van der Waals surface area contributed by atoms with E-state index in [2.05, 4.69) is 21.9 Å². The molecule has 0 spiro atoms. The number of hydrogen-bond acceptors (Lipinski definition) is 4. The first-order chi connectivity index (χ1) is 15.9. The number of halogens is 4. The Morgan fingerprint density at radius 1 is 1.15 bits per heavy atom. The van der Waals surface area contributed by atoms with Crippen LogP contribution in [0.15, 0.2) is 17.0 Å². The Morgan fingerprint density at radius 2 is 1.79 bits per heavy atom. The van der Waals surface area contributed by atoms with E-state index >= 15 is 0 Å². The summed E-state index contributed by atoms with van der Waals surface area (Å²) in [5.41, 5.74) is 1.19. The van der Waals surface area contributed by atoms with E-state index in [1.54, 1.807) is 26.1 Å². The molecule has 1 saturated heterocycles. The molecule has 1 N–H and O–H groups in total. The molecule has 1 aliphatic rings. The fraction of sp³-hybridized carbons (Fsp3) is 0.591. The quantitative estimate of drug-likeness (QED) is 0.383. The van der Waals surface area contributed by atoms with Gasteiger partial charge in [0.1, 0.15) is 15.7 Å². The Labute approximate surface area is 211 Å². The van der Waals surface area contributed by atoms with Crippen LogP contribution < -0.4 is 4.31 Å². The zero-order valence-electron chi connectivity index (χ0n) is 19.9. The highest BCUT2D eigenvalue weighted by Gasteiger charge is 2.49. The first kappa shape index (κ1) is 27.3. The van der Waals surface area contributed by atoms with Gasteiger partial charge in [0.15, 0.2) is 0 Å². The molecule has 190 valence electrons. The minimum absolute atomic E-state index is 0.115. The summed E-state index contributed by atoms with van der Waals surface area (Å²) < 4.78 is 54.2. The third kappa shape index (κ3) is 5.91. The van der Waals surface area contributed by atoms with Crippen LogP contribution in [0.25, 0.3) is 0 Å². The Kier molecular flexibility index (Phi) is 8.97. The smallest absolute Gasteiger partial charge is 0.305 e. The lowest BCUT2D eigenvalue weighted by Crippen LogP contribution is -2.41. The van der Waals surface area contributed by atoms with Crippen molar-refractivity contribution in [3.8, 4) is 0 Å². The van der Waals surface area contributed by atoms with Crippen LogP contribution in [0.5, 0.6) is 0 Å². The molecule has 2 aromatic rings. The lowest BCUT2D eigenvalue weighted by Gasteiger charge is -2.22. The summed E-state index contributed by atoms with van der Waals surface area (Å²) in [7, 11) is -0.805. The number of likely N-dealkylation sites (N-methyl/N-ethyl adjacent to an activating group) is 1. The molecule has 0 amide bonds. The number of anilines is 1. The normalized spacial score (nSPS) is 17.7. The Balaban J connectivity index is 1.81. The van der Waals surface area contributed by atoms with Gasteiger partial charge in [-0.2, -0.15) is 18.4 Å². The first-order valence-corrected chi connectivity index (χ1v) is 13.4. The molecule has 34 heavy (non-hydrogen) atoms. The molecule has 0 radical (unpaired) electrons. The van der Waals surface area contributed by atoms with Crippen molar-refractivity contribution in [3.05, 3.63) is 39.1 Å². The van der Waals surface area contributed by atoms with Crippen LogP contribution in [0, 0.1) is 13.8 Å². The summed E-state index contributed by atoms with van der Waals surface area (Å²) in [6.45, 7) is 4.88. The predicted molar refractivity (Wildman–Crippen MR) is 133 cm³/mol. The van der Waals surface area contributed by atoms with Crippen LogP contribution in [-0.2, 0) is 28.1 Å². The number of hydrogen-bond donors (Lipinski definition) is 1. The summed E-state index contributed by atoms with van der Waals surface area (Å²) in [6.07, 6.45) is 2.66. The second-order valence-corrected chi connectivity index (χ2v) is 11.3. The minimum Gasteiger partial charge on any atom is -0.305 e. The number of aromatic nitrogens is 2. The van der Waals surface area contributed by atoms with Crippen molar-refractivity contribution in [3.63, 3.8) is 0 Å². The maximum absolute atomic E-state index is 14.1. The van der Waals surface area contributed by atoms with Crippen molar-refractivity contribution in [2.45, 2.75) is 44.6 Å². The average Bonchev–Trinajstić information content (AvgIpc) is 2.87. The molecule has 1 fully saturated rings. The van der Waals surface area contributed by atoms with E-state index in [1.807, 2.05) is 0 Å². The van der Waals surface area contributed by atoms with Crippen molar-refractivity contribution in [2.75, 3.05) is 44.1 Å². The van der Waals surface area contributed by atoms with Crippen LogP contribution in [0.3, 0.4) is 0 Å². The number of rotatable bonds is 8. The molecule has 12 heteroatoms. The van der Waals surface area contributed by atoms with Gasteiger partial charge in [-0.15, -0.1) is 0 Å². The van der Waals surface area contributed by atoms with Crippen molar-refractivity contribution in [2.24, 2.45) is 7.05 Å². The van der Waals surface area contributed by atoms with Gasteiger partial charge in [-0.25, -0.2) is 0 Å². The molecule has 2 heterocycles. The number of alkyl halides is 2. The van der Waals surface area contributed by atoms with Gasteiger partial charge >= 0.3 is 16.9 Å². The van der Waals surface area contributed by atoms with Crippen molar-refractivity contribution >= 4 is 39.3 Å². The van der Waals surface area contributed by atoms with Crippen molar-refractivity contribution in [1.29, 1.82) is 0 Å². The average molecular weight is 540 g/mol. The fourth-order valence-corrected chi connectivity index (χ4v) is 7.04. The van der Waals surface area contributed by atoms with Gasteiger partial charge in [-0.05, 0) is 81.7 Å². The highest BCUT2D eigenvalue weighted by atomic mass is 35.5. The number of nitrogens with zero attached hydrogens (tertiary/aromatic N) is 5. The maximum atomic E-state index is 14.1. The van der Waals surface area contributed by atoms with E-state index in [1.165, 1.54) is 11.6 Å². The molecule has 0 saturated carbocycles. The van der Waals surface area contributed by atoms with E-state index in [-0.39, 0.29) is 25.7 Å². The third-order valence-corrected chi connectivity index (χ3v) is 8.88. The van der Waals surface area contributed by atoms with E-state index in [4.69, 9.17) is 23.2 Å². The summed E-state index contributed by atoms with van der Waals surface area (Å²) in [5, 5.41) is 3.87. The molecule has 0 bridgehead atoms. The van der Waals surface area contributed by atoms with Crippen LogP contribution in [0.4, 0.5) is 14.5 Å².